The highest BCUT2D eigenvalue weighted by atomic mass is 16.3. The number of hydrogen-bond donors (Lipinski definition) is 0. The molecule has 0 saturated carbocycles. The zero-order valence-electron chi connectivity index (χ0n) is 15.0. The summed E-state index contributed by atoms with van der Waals surface area (Å²) in [6.07, 6.45) is 1.68. The van der Waals surface area contributed by atoms with Gasteiger partial charge in [0.15, 0.2) is 5.82 Å². The van der Waals surface area contributed by atoms with Gasteiger partial charge in [-0.3, -0.25) is 4.90 Å². The summed E-state index contributed by atoms with van der Waals surface area (Å²) in [5, 5.41) is 12.6. The van der Waals surface area contributed by atoms with Crippen LogP contribution in [0.1, 0.15) is 30.1 Å². The maximum atomic E-state index is 5.48. The number of benzene rings is 1. The first-order chi connectivity index (χ1) is 12.8. The maximum absolute atomic E-state index is 5.48. The van der Waals surface area contributed by atoms with E-state index in [-0.39, 0.29) is 6.04 Å². The molecule has 1 saturated heterocycles. The SMILES string of the molecule is CCN1CCN(C(c2ccccc2)c2nnnn2Cc2ccco2)CC1. The normalized spacial score (nSPS) is 17.4. The van der Waals surface area contributed by atoms with Gasteiger partial charge in [0.2, 0.25) is 0 Å². The molecule has 0 aliphatic carbocycles. The van der Waals surface area contributed by atoms with Gasteiger partial charge in [-0.25, -0.2) is 4.68 Å². The summed E-state index contributed by atoms with van der Waals surface area (Å²) >= 11 is 0. The zero-order valence-corrected chi connectivity index (χ0v) is 15.0. The molecule has 136 valence electrons. The van der Waals surface area contributed by atoms with Crippen LogP contribution in [-0.2, 0) is 6.54 Å². The molecule has 0 spiro atoms. The van der Waals surface area contributed by atoms with E-state index in [4.69, 9.17) is 4.42 Å². The molecule has 0 N–H and O–H groups in total. The van der Waals surface area contributed by atoms with Crippen LogP contribution >= 0.6 is 0 Å². The first-order valence-electron chi connectivity index (χ1n) is 9.15. The molecule has 1 aliphatic heterocycles. The minimum Gasteiger partial charge on any atom is -0.467 e. The van der Waals surface area contributed by atoms with Crippen LogP contribution < -0.4 is 0 Å². The second kappa shape index (κ2) is 7.80. The lowest BCUT2D eigenvalue weighted by Gasteiger charge is -2.38. The summed E-state index contributed by atoms with van der Waals surface area (Å²) in [4.78, 5) is 4.95. The van der Waals surface area contributed by atoms with Crippen LogP contribution in [0.5, 0.6) is 0 Å². The van der Waals surface area contributed by atoms with Crippen LogP contribution in [0.4, 0.5) is 0 Å². The fourth-order valence-electron chi connectivity index (χ4n) is 3.57. The van der Waals surface area contributed by atoms with Crippen molar-refractivity contribution in [1.82, 2.24) is 30.0 Å². The van der Waals surface area contributed by atoms with Crippen LogP contribution in [0.15, 0.2) is 53.1 Å². The molecule has 7 nitrogen and oxygen atoms in total. The van der Waals surface area contributed by atoms with Crippen molar-refractivity contribution in [3.8, 4) is 0 Å². The summed E-state index contributed by atoms with van der Waals surface area (Å²) in [6.45, 7) is 7.99. The van der Waals surface area contributed by atoms with Crippen LogP contribution in [0.25, 0.3) is 0 Å². The monoisotopic (exact) mass is 352 g/mol. The molecule has 0 amide bonds. The van der Waals surface area contributed by atoms with E-state index in [0.717, 1.165) is 44.3 Å². The van der Waals surface area contributed by atoms with E-state index >= 15 is 0 Å². The van der Waals surface area contributed by atoms with Gasteiger partial charge in [0.05, 0.1) is 12.3 Å². The third-order valence-electron chi connectivity index (χ3n) is 5.02. The summed E-state index contributed by atoms with van der Waals surface area (Å²) in [7, 11) is 0. The molecular formula is C19H24N6O. The Morgan fingerprint density at radius 3 is 2.54 bits per heavy atom. The highest BCUT2D eigenvalue weighted by Crippen LogP contribution is 2.28. The van der Waals surface area contributed by atoms with Crippen molar-refractivity contribution in [3.63, 3.8) is 0 Å². The Labute approximate surface area is 153 Å². The topological polar surface area (TPSA) is 63.2 Å². The predicted octanol–water partition coefficient (Wildman–Crippen LogP) is 2.04. The summed E-state index contributed by atoms with van der Waals surface area (Å²) in [5.74, 6) is 1.71. The second-order valence-electron chi connectivity index (χ2n) is 6.56. The van der Waals surface area contributed by atoms with Gasteiger partial charge in [-0.1, -0.05) is 37.3 Å². The van der Waals surface area contributed by atoms with E-state index in [9.17, 15) is 0 Å². The van der Waals surface area contributed by atoms with Crippen LogP contribution in [0.2, 0.25) is 0 Å². The zero-order chi connectivity index (χ0) is 17.8. The average Bonchev–Trinajstić information content (AvgIpc) is 3.37. The van der Waals surface area contributed by atoms with E-state index in [1.165, 1.54) is 5.56 Å². The molecule has 1 aromatic carbocycles. The van der Waals surface area contributed by atoms with Crippen LogP contribution in [0.3, 0.4) is 0 Å². The third-order valence-corrected chi connectivity index (χ3v) is 5.02. The van der Waals surface area contributed by atoms with Crippen LogP contribution in [0, 0.1) is 0 Å². The Kier molecular flexibility index (Phi) is 5.08. The van der Waals surface area contributed by atoms with Crippen LogP contribution in [-0.4, -0.2) is 62.7 Å². The van der Waals surface area contributed by atoms with Crippen molar-refractivity contribution in [2.45, 2.75) is 19.5 Å². The molecule has 1 atom stereocenters. The standard InChI is InChI=1S/C19H24N6O/c1-2-23-10-12-24(13-11-23)18(16-7-4-3-5-8-16)19-20-21-22-25(19)15-17-9-6-14-26-17/h3-9,14,18H,2,10-13,15H2,1H3. The smallest absolute Gasteiger partial charge is 0.173 e. The molecule has 3 aromatic rings. The maximum Gasteiger partial charge on any atom is 0.173 e. The van der Waals surface area contributed by atoms with E-state index < -0.39 is 0 Å². The Balaban J connectivity index is 1.65. The lowest BCUT2D eigenvalue weighted by Crippen LogP contribution is -2.48. The van der Waals surface area contributed by atoms with Crippen molar-refractivity contribution in [2.75, 3.05) is 32.7 Å². The molecule has 4 rings (SSSR count). The largest absolute Gasteiger partial charge is 0.467 e. The van der Waals surface area contributed by atoms with Gasteiger partial charge in [0.1, 0.15) is 12.3 Å². The summed E-state index contributed by atoms with van der Waals surface area (Å²) in [6, 6.07) is 14.4. The molecule has 1 aliphatic rings. The fourth-order valence-corrected chi connectivity index (χ4v) is 3.57. The second-order valence-corrected chi connectivity index (χ2v) is 6.56. The quantitative estimate of drug-likeness (QED) is 0.676. The van der Waals surface area contributed by atoms with Gasteiger partial charge in [-0.2, -0.15) is 0 Å². The average molecular weight is 352 g/mol. The molecule has 0 radical (unpaired) electrons. The van der Waals surface area contributed by atoms with E-state index in [1.807, 2.05) is 22.9 Å². The Hall–Kier alpha value is -2.51. The molecule has 26 heavy (non-hydrogen) atoms. The van der Waals surface area contributed by atoms with E-state index in [2.05, 4.69) is 56.5 Å². The number of hydrogen-bond acceptors (Lipinski definition) is 6. The molecule has 7 heteroatoms. The minimum atomic E-state index is 0.0418. The number of nitrogens with zero attached hydrogens (tertiary/aromatic N) is 6. The molecule has 1 unspecified atom stereocenters. The lowest BCUT2D eigenvalue weighted by atomic mass is 10.0. The van der Waals surface area contributed by atoms with Gasteiger partial charge in [-0.15, -0.1) is 5.10 Å². The van der Waals surface area contributed by atoms with Crippen molar-refractivity contribution < 1.29 is 4.42 Å². The Morgan fingerprint density at radius 2 is 1.85 bits per heavy atom. The lowest BCUT2D eigenvalue weighted by molar-refractivity contribution is 0.108. The van der Waals surface area contributed by atoms with Gasteiger partial charge in [0.25, 0.3) is 0 Å². The van der Waals surface area contributed by atoms with Crippen molar-refractivity contribution >= 4 is 0 Å². The number of tetrazole rings is 1. The summed E-state index contributed by atoms with van der Waals surface area (Å²) in [5.41, 5.74) is 1.22. The molecule has 3 heterocycles. The number of aromatic nitrogens is 4. The van der Waals surface area contributed by atoms with Gasteiger partial charge >= 0.3 is 0 Å². The van der Waals surface area contributed by atoms with Gasteiger partial charge in [0, 0.05) is 26.2 Å². The molecular weight excluding hydrogens is 328 g/mol. The first kappa shape index (κ1) is 16.9. The molecule has 2 aromatic heterocycles. The summed E-state index contributed by atoms with van der Waals surface area (Å²) < 4.78 is 7.33. The van der Waals surface area contributed by atoms with E-state index in [1.54, 1.807) is 6.26 Å². The van der Waals surface area contributed by atoms with E-state index in [0.29, 0.717) is 6.54 Å². The third kappa shape index (κ3) is 3.54. The molecule has 1 fully saturated rings. The molecule has 0 bridgehead atoms. The van der Waals surface area contributed by atoms with Gasteiger partial charge in [-0.05, 0) is 34.7 Å². The fraction of sp³-hybridized carbons (Fsp3) is 0.421. The number of rotatable bonds is 6. The Morgan fingerprint density at radius 1 is 1.04 bits per heavy atom. The highest BCUT2D eigenvalue weighted by Gasteiger charge is 2.30. The Bertz CT molecular complexity index is 793. The van der Waals surface area contributed by atoms with Crippen molar-refractivity contribution in [1.29, 1.82) is 0 Å². The first-order valence-corrected chi connectivity index (χ1v) is 9.15. The highest BCUT2D eigenvalue weighted by molar-refractivity contribution is 5.25. The number of likely N-dealkylation sites (N-methyl/N-ethyl adjacent to an activating group) is 1. The minimum absolute atomic E-state index is 0.0418. The number of piperazine rings is 1. The van der Waals surface area contributed by atoms with Crippen molar-refractivity contribution in [2.24, 2.45) is 0 Å². The predicted molar refractivity (Wildman–Crippen MR) is 97.6 cm³/mol. The van der Waals surface area contributed by atoms with Crippen molar-refractivity contribution in [3.05, 3.63) is 65.9 Å². The van der Waals surface area contributed by atoms with Gasteiger partial charge < -0.3 is 9.32 Å². The number of furan rings is 1.